The minimum absolute atomic E-state index is 0.0124. The van der Waals surface area contributed by atoms with Gasteiger partial charge >= 0.3 is 0 Å². The summed E-state index contributed by atoms with van der Waals surface area (Å²) in [7, 11) is 1.74. The molecule has 2 aromatic carbocycles. The summed E-state index contributed by atoms with van der Waals surface area (Å²) in [6, 6.07) is 3.05. The largest absolute Gasteiger partial charge is 0.378 e. The van der Waals surface area contributed by atoms with E-state index in [1.165, 1.54) is 64.2 Å². The van der Waals surface area contributed by atoms with Crippen LogP contribution in [0.4, 0.5) is 26.3 Å². The lowest BCUT2D eigenvalue weighted by molar-refractivity contribution is -0.0705. The van der Waals surface area contributed by atoms with Crippen molar-refractivity contribution in [3.63, 3.8) is 0 Å². The molecule has 2 unspecified atom stereocenters. The Morgan fingerprint density at radius 3 is 1.23 bits per heavy atom. The van der Waals surface area contributed by atoms with Crippen LogP contribution >= 0.6 is 0 Å². The van der Waals surface area contributed by atoms with Crippen LogP contribution in [-0.2, 0) is 22.3 Å². The summed E-state index contributed by atoms with van der Waals surface area (Å²) >= 11 is 0. The highest BCUT2D eigenvalue weighted by Gasteiger charge is 2.35. The molecule has 306 valence electrons. The fourth-order valence-corrected chi connectivity index (χ4v) is 7.88. The molecule has 0 amide bonds. The van der Waals surface area contributed by atoms with Crippen LogP contribution in [0.3, 0.4) is 0 Å². The minimum atomic E-state index is -0.873. The molecule has 0 bridgehead atoms. The van der Waals surface area contributed by atoms with E-state index in [0.717, 1.165) is 62.8 Å². The first kappa shape index (κ1) is 49.0. The summed E-state index contributed by atoms with van der Waals surface area (Å²) in [5.41, 5.74) is -0.644. The van der Waals surface area contributed by atoms with Crippen molar-refractivity contribution in [2.75, 3.05) is 13.7 Å². The number of halogens is 6. The lowest BCUT2D eigenvalue weighted by atomic mass is 9.76. The average molecular weight is 759 g/mol. The molecule has 0 aliphatic heterocycles. The van der Waals surface area contributed by atoms with Gasteiger partial charge in [0, 0.05) is 49.1 Å². The van der Waals surface area contributed by atoms with Gasteiger partial charge in [-0.2, -0.15) is 0 Å². The van der Waals surface area contributed by atoms with Crippen molar-refractivity contribution in [3.05, 3.63) is 70.3 Å². The Morgan fingerprint density at radius 1 is 0.509 bits per heavy atom. The van der Waals surface area contributed by atoms with Crippen molar-refractivity contribution in [3.8, 4) is 0 Å². The van der Waals surface area contributed by atoms with Crippen LogP contribution in [0.15, 0.2) is 24.3 Å². The minimum Gasteiger partial charge on any atom is -0.378 e. The van der Waals surface area contributed by atoms with E-state index in [1.807, 2.05) is 6.92 Å². The second kappa shape index (κ2) is 26.7. The van der Waals surface area contributed by atoms with Gasteiger partial charge in [-0.3, -0.25) is 0 Å². The van der Waals surface area contributed by atoms with Crippen molar-refractivity contribution in [1.82, 2.24) is 0 Å². The molecule has 2 nitrogen and oxygen atoms in total. The van der Waals surface area contributed by atoms with Crippen LogP contribution < -0.4 is 0 Å². The molecule has 0 radical (unpaired) electrons. The first-order chi connectivity index (χ1) is 25.2. The number of benzene rings is 2. The molecule has 0 aliphatic rings. The quantitative estimate of drug-likeness (QED) is 0.0667. The van der Waals surface area contributed by atoms with Crippen LogP contribution in [0.2, 0.25) is 0 Å². The summed E-state index contributed by atoms with van der Waals surface area (Å²) in [5, 5.41) is 0. The van der Waals surface area contributed by atoms with Crippen molar-refractivity contribution < 1.29 is 35.8 Å². The van der Waals surface area contributed by atoms with Crippen LogP contribution in [0.5, 0.6) is 0 Å². The van der Waals surface area contributed by atoms with E-state index >= 15 is 0 Å². The molecule has 0 fully saturated rings. The van der Waals surface area contributed by atoms with E-state index in [2.05, 4.69) is 41.5 Å². The Bertz CT molecular complexity index is 1210. The Balaban J connectivity index is 0.000000530. The van der Waals surface area contributed by atoms with E-state index < -0.39 is 34.9 Å². The third-order valence-electron chi connectivity index (χ3n) is 11.4. The highest BCUT2D eigenvalue weighted by atomic mass is 19.2. The zero-order chi connectivity index (χ0) is 39.9. The predicted octanol–water partition coefficient (Wildman–Crippen LogP) is 14.8. The smallest absolute Gasteiger partial charge is 0.132 e. The Labute approximate surface area is 319 Å². The molecule has 8 heteroatoms. The second-order valence-electron chi connectivity index (χ2n) is 15.3. The van der Waals surface area contributed by atoms with E-state index in [0.29, 0.717) is 19.4 Å². The maximum Gasteiger partial charge on any atom is 0.132 e. The third-order valence-corrected chi connectivity index (χ3v) is 11.4. The molecule has 0 aliphatic carbocycles. The first-order valence-electron chi connectivity index (χ1n) is 20.7. The molecule has 0 saturated carbocycles. The maximum atomic E-state index is 14.0. The van der Waals surface area contributed by atoms with Gasteiger partial charge < -0.3 is 9.47 Å². The van der Waals surface area contributed by atoms with Gasteiger partial charge in [-0.25, -0.2) is 26.3 Å². The predicted molar refractivity (Wildman–Crippen MR) is 208 cm³/mol. The van der Waals surface area contributed by atoms with Gasteiger partial charge in [0.25, 0.3) is 0 Å². The zero-order valence-electron chi connectivity index (χ0n) is 34.4. The number of methoxy groups -OCH3 is 1. The molecular formula is C45H72F6O2. The van der Waals surface area contributed by atoms with Crippen molar-refractivity contribution >= 4 is 0 Å². The van der Waals surface area contributed by atoms with E-state index in [4.69, 9.17) is 9.47 Å². The summed E-state index contributed by atoms with van der Waals surface area (Å²) in [5.74, 6) is -4.48. The first-order valence-corrected chi connectivity index (χ1v) is 20.7. The molecule has 2 rings (SSSR count). The number of unbranched alkanes of at least 4 members (excludes halogenated alkanes) is 10. The Kier molecular flexibility index (Phi) is 24.7. The molecule has 0 N–H and O–H groups in total. The molecule has 0 aromatic heterocycles. The number of hydrogen-bond donors (Lipinski definition) is 0. The van der Waals surface area contributed by atoms with Crippen molar-refractivity contribution in [1.29, 1.82) is 0 Å². The normalized spacial score (nSPS) is 13.2. The van der Waals surface area contributed by atoms with Crippen LogP contribution in [0, 0.1) is 46.7 Å². The fourth-order valence-electron chi connectivity index (χ4n) is 7.88. The van der Waals surface area contributed by atoms with Gasteiger partial charge in [0.1, 0.15) is 34.9 Å². The molecule has 53 heavy (non-hydrogen) atoms. The highest BCUT2D eigenvalue weighted by Crippen LogP contribution is 2.37. The molecule has 2 atom stereocenters. The summed E-state index contributed by atoms with van der Waals surface area (Å²) in [6.07, 6.45) is 20.1. The monoisotopic (exact) mass is 759 g/mol. The van der Waals surface area contributed by atoms with Crippen LogP contribution in [-0.4, -0.2) is 24.9 Å². The average Bonchev–Trinajstić information content (AvgIpc) is 3.10. The standard InChI is InChI=1S/C23H37F3O.C22H35F3O/c1-5-8-9-10-11-12-13-18(23(6-2,7-3)27-4)14-15-20-21(25)16-19(24)17-22(20)26;1-5-7-8-9-10-11-12-17(22(3,4)26-6-2)13-14-19-20(24)15-18(23)16-21(19)25/h16-18H,5-15H2,1-4H3;15-17H,5-14H2,1-4H3. The summed E-state index contributed by atoms with van der Waals surface area (Å²) in [6.45, 7) is 15.3. The maximum absolute atomic E-state index is 14.0. The van der Waals surface area contributed by atoms with Crippen molar-refractivity contribution in [2.24, 2.45) is 11.8 Å². The lowest BCUT2D eigenvalue weighted by Gasteiger charge is -2.39. The Hall–Kier alpha value is -2.06. The molecule has 0 heterocycles. The van der Waals surface area contributed by atoms with Gasteiger partial charge in [0.2, 0.25) is 0 Å². The molecule has 0 spiro atoms. The van der Waals surface area contributed by atoms with E-state index in [9.17, 15) is 26.3 Å². The third kappa shape index (κ3) is 17.5. The molecule has 2 aromatic rings. The summed E-state index contributed by atoms with van der Waals surface area (Å²) < 4.78 is 93.9. The van der Waals surface area contributed by atoms with Gasteiger partial charge in [0.05, 0.1) is 11.2 Å². The van der Waals surface area contributed by atoms with Gasteiger partial charge in [-0.1, -0.05) is 105 Å². The molecular weight excluding hydrogens is 686 g/mol. The SMILES string of the molecule is CCCCCCCCC(CCc1c(F)cc(F)cc1F)C(C)(C)OCC.CCCCCCCCC(CCc1c(F)cc(F)cc1F)C(CC)(CC)OC. The van der Waals surface area contributed by atoms with Crippen LogP contribution in [0.25, 0.3) is 0 Å². The van der Waals surface area contributed by atoms with Gasteiger partial charge in [-0.15, -0.1) is 0 Å². The topological polar surface area (TPSA) is 18.5 Å². The summed E-state index contributed by atoms with van der Waals surface area (Å²) in [4.78, 5) is 0. The van der Waals surface area contributed by atoms with E-state index in [1.54, 1.807) is 7.11 Å². The lowest BCUT2D eigenvalue weighted by Crippen LogP contribution is -2.39. The highest BCUT2D eigenvalue weighted by molar-refractivity contribution is 5.22. The van der Waals surface area contributed by atoms with Gasteiger partial charge in [-0.05, 0) is 84.0 Å². The van der Waals surface area contributed by atoms with Gasteiger partial charge in [0.15, 0.2) is 0 Å². The Morgan fingerprint density at radius 2 is 0.868 bits per heavy atom. The number of ether oxygens (including phenoxy) is 2. The second-order valence-corrected chi connectivity index (χ2v) is 15.3. The molecule has 0 saturated heterocycles. The fraction of sp³-hybridized carbons (Fsp3) is 0.733. The van der Waals surface area contributed by atoms with Crippen LogP contribution in [0.1, 0.15) is 175 Å². The van der Waals surface area contributed by atoms with E-state index in [-0.39, 0.29) is 47.0 Å². The van der Waals surface area contributed by atoms with Crippen molar-refractivity contribution in [2.45, 2.75) is 188 Å². The number of rotatable bonds is 27. The number of hydrogen-bond acceptors (Lipinski definition) is 2. The zero-order valence-corrected chi connectivity index (χ0v) is 34.4.